The third kappa shape index (κ3) is 8.64. The van der Waals surface area contributed by atoms with Gasteiger partial charge in [0.15, 0.2) is 0 Å². The van der Waals surface area contributed by atoms with Crippen molar-refractivity contribution in [3.05, 3.63) is 35.5 Å². The number of rotatable bonds is 11. The van der Waals surface area contributed by atoms with E-state index >= 15 is 0 Å². The number of benzene rings is 1. The SMILES string of the molecule is CCCCCC(CCCCN)[C@H](CO)C1CCC(F)(F)CC1.Clc1cccc2[nH]ccc12. The Hall–Kier alpha value is -1.17. The lowest BCUT2D eigenvalue weighted by Gasteiger charge is -2.37. The van der Waals surface area contributed by atoms with Gasteiger partial charge >= 0.3 is 0 Å². The van der Waals surface area contributed by atoms with E-state index in [0.717, 1.165) is 41.6 Å². The molecule has 3 nitrogen and oxygen atoms in total. The number of hydrogen-bond donors (Lipinski definition) is 3. The van der Waals surface area contributed by atoms with Crippen LogP contribution in [0.15, 0.2) is 30.5 Å². The number of fused-ring (bicyclic) bond motifs is 1. The highest BCUT2D eigenvalue weighted by molar-refractivity contribution is 6.35. The number of unbranched alkanes of at least 4 members (excludes halogenated alkanes) is 3. The summed E-state index contributed by atoms with van der Waals surface area (Å²) in [6.07, 6.45) is 10.9. The number of aromatic nitrogens is 1. The van der Waals surface area contributed by atoms with Crippen LogP contribution < -0.4 is 5.73 Å². The highest BCUT2D eigenvalue weighted by Crippen LogP contribution is 2.42. The van der Waals surface area contributed by atoms with Gasteiger partial charge in [0.05, 0.1) is 0 Å². The molecule has 32 heavy (non-hydrogen) atoms. The second kappa shape index (κ2) is 14.2. The fraction of sp³-hybridized carbons (Fsp3) is 0.692. The van der Waals surface area contributed by atoms with Crippen LogP contribution in [0.2, 0.25) is 5.02 Å². The van der Waals surface area contributed by atoms with Gasteiger partial charge in [0.2, 0.25) is 5.92 Å². The number of alkyl halides is 2. The van der Waals surface area contributed by atoms with Crippen LogP contribution in [0.3, 0.4) is 0 Å². The summed E-state index contributed by atoms with van der Waals surface area (Å²) in [6.45, 7) is 3.05. The molecule has 1 aromatic carbocycles. The van der Waals surface area contributed by atoms with E-state index in [9.17, 15) is 13.9 Å². The quantitative estimate of drug-likeness (QED) is 0.296. The first-order chi connectivity index (χ1) is 15.4. The first-order valence-electron chi connectivity index (χ1n) is 12.3. The topological polar surface area (TPSA) is 62.0 Å². The second-order valence-corrected chi connectivity index (χ2v) is 9.67. The summed E-state index contributed by atoms with van der Waals surface area (Å²) in [7, 11) is 0. The minimum atomic E-state index is -2.48. The zero-order chi connectivity index (χ0) is 23.4. The lowest BCUT2D eigenvalue weighted by atomic mass is 9.71. The van der Waals surface area contributed by atoms with Gasteiger partial charge in [-0.05, 0) is 61.8 Å². The molecule has 0 aliphatic heterocycles. The van der Waals surface area contributed by atoms with Gasteiger partial charge < -0.3 is 15.8 Å². The molecular weight excluding hydrogens is 430 g/mol. The van der Waals surface area contributed by atoms with Gasteiger partial charge in [-0.25, -0.2) is 8.78 Å². The predicted octanol–water partition coefficient (Wildman–Crippen LogP) is 7.57. The monoisotopic (exact) mass is 470 g/mol. The molecule has 1 aliphatic rings. The van der Waals surface area contributed by atoms with Gasteiger partial charge in [-0.15, -0.1) is 0 Å². The summed E-state index contributed by atoms with van der Waals surface area (Å²) in [6, 6.07) is 7.79. The Bertz CT molecular complexity index is 747. The molecular formula is C26H41ClF2N2O. The van der Waals surface area contributed by atoms with Gasteiger partial charge in [0.1, 0.15) is 0 Å². The molecule has 2 atom stereocenters. The maximum Gasteiger partial charge on any atom is 0.248 e. The van der Waals surface area contributed by atoms with Crippen molar-refractivity contribution in [3.8, 4) is 0 Å². The van der Waals surface area contributed by atoms with Gasteiger partial charge in [0.25, 0.3) is 0 Å². The Labute approximate surface area is 197 Å². The average Bonchev–Trinajstić information content (AvgIpc) is 3.26. The normalized spacial score (nSPS) is 18.2. The third-order valence-corrected chi connectivity index (χ3v) is 7.26. The summed E-state index contributed by atoms with van der Waals surface area (Å²) in [4.78, 5) is 3.08. The Kier molecular flexibility index (Phi) is 12.0. The van der Waals surface area contributed by atoms with Crippen molar-refractivity contribution in [1.29, 1.82) is 0 Å². The minimum Gasteiger partial charge on any atom is -0.396 e. The van der Waals surface area contributed by atoms with E-state index in [2.05, 4.69) is 11.9 Å². The highest BCUT2D eigenvalue weighted by atomic mass is 35.5. The summed E-state index contributed by atoms with van der Waals surface area (Å²) < 4.78 is 26.7. The Balaban J connectivity index is 0.000000297. The van der Waals surface area contributed by atoms with Crippen molar-refractivity contribution < 1.29 is 13.9 Å². The third-order valence-electron chi connectivity index (χ3n) is 6.93. The molecule has 1 fully saturated rings. The van der Waals surface area contributed by atoms with Crippen molar-refractivity contribution in [2.75, 3.05) is 13.2 Å². The molecule has 6 heteroatoms. The summed E-state index contributed by atoms with van der Waals surface area (Å²) in [5.74, 6) is -1.53. The molecule has 1 heterocycles. The fourth-order valence-electron chi connectivity index (χ4n) is 5.00. The van der Waals surface area contributed by atoms with Crippen LogP contribution >= 0.6 is 11.6 Å². The number of aliphatic hydroxyl groups is 1. The number of aromatic amines is 1. The van der Waals surface area contributed by atoms with Crippen LogP contribution in [0.5, 0.6) is 0 Å². The number of aliphatic hydroxyl groups excluding tert-OH is 1. The molecule has 2 aromatic rings. The standard InChI is InChI=1S/C18H35F2NO.C8H6ClN/c1-2-3-4-7-15(8-5-6-13-21)17(14-22)16-9-11-18(19,20)12-10-16;9-7-2-1-3-8-6(7)4-5-10-8/h15-17,22H,2-14,21H2,1H3;1-5,10H/t15?,17-;/m0./s1. The van der Waals surface area contributed by atoms with Crippen molar-refractivity contribution >= 4 is 22.5 Å². The zero-order valence-electron chi connectivity index (χ0n) is 19.5. The van der Waals surface area contributed by atoms with E-state index in [1.807, 2.05) is 30.5 Å². The van der Waals surface area contributed by atoms with Gasteiger partial charge in [-0.2, -0.15) is 0 Å². The van der Waals surface area contributed by atoms with Gasteiger partial charge in [0, 0.05) is 41.6 Å². The van der Waals surface area contributed by atoms with E-state index in [1.54, 1.807) is 0 Å². The molecule has 182 valence electrons. The van der Waals surface area contributed by atoms with Crippen LogP contribution in [-0.4, -0.2) is 29.2 Å². The smallest absolute Gasteiger partial charge is 0.248 e. The summed E-state index contributed by atoms with van der Waals surface area (Å²) >= 11 is 5.88. The largest absolute Gasteiger partial charge is 0.396 e. The number of nitrogens with two attached hydrogens (primary N) is 1. The molecule has 0 radical (unpaired) electrons. The first-order valence-corrected chi connectivity index (χ1v) is 12.7. The van der Waals surface area contributed by atoms with Crippen LogP contribution in [0.1, 0.15) is 77.6 Å². The van der Waals surface area contributed by atoms with Crippen LogP contribution in [-0.2, 0) is 0 Å². The average molecular weight is 471 g/mol. The molecule has 0 saturated heterocycles. The van der Waals surface area contributed by atoms with Crippen molar-refractivity contribution in [1.82, 2.24) is 4.98 Å². The van der Waals surface area contributed by atoms with E-state index in [0.29, 0.717) is 25.3 Å². The maximum atomic E-state index is 13.4. The Morgan fingerprint density at radius 3 is 2.41 bits per heavy atom. The highest BCUT2D eigenvalue weighted by Gasteiger charge is 2.39. The fourth-order valence-corrected chi connectivity index (χ4v) is 5.24. The van der Waals surface area contributed by atoms with Crippen molar-refractivity contribution in [3.63, 3.8) is 0 Å². The van der Waals surface area contributed by atoms with E-state index in [1.165, 1.54) is 19.3 Å². The zero-order valence-corrected chi connectivity index (χ0v) is 20.2. The second-order valence-electron chi connectivity index (χ2n) is 9.26. The van der Waals surface area contributed by atoms with Gasteiger partial charge in [-0.3, -0.25) is 0 Å². The van der Waals surface area contributed by atoms with Crippen LogP contribution in [0, 0.1) is 17.8 Å². The lowest BCUT2D eigenvalue weighted by molar-refractivity contribution is -0.0609. The minimum absolute atomic E-state index is 0.00134. The molecule has 0 bridgehead atoms. The molecule has 4 N–H and O–H groups in total. The summed E-state index contributed by atoms with van der Waals surface area (Å²) in [5.41, 5.74) is 6.68. The van der Waals surface area contributed by atoms with E-state index in [-0.39, 0.29) is 31.3 Å². The van der Waals surface area contributed by atoms with E-state index < -0.39 is 5.92 Å². The maximum absolute atomic E-state index is 13.4. The molecule has 0 spiro atoms. The number of nitrogens with one attached hydrogen (secondary N) is 1. The molecule has 1 saturated carbocycles. The predicted molar refractivity (Wildman–Crippen MR) is 131 cm³/mol. The van der Waals surface area contributed by atoms with Gasteiger partial charge in [-0.1, -0.05) is 63.1 Å². The Morgan fingerprint density at radius 1 is 1.12 bits per heavy atom. The van der Waals surface area contributed by atoms with Crippen molar-refractivity contribution in [2.45, 2.75) is 83.5 Å². The lowest BCUT2D eigenvalue weighted by Crippen LogP contribution is -2.33. The molecule has 1 unspecified atom stereocenters. The summed E-state index contributed by atoms with van der Waals surface area (Å²) in [5, 5.41) is 11.8. The number of halogens is 3. The first kappa shape index (κ1) is 27.1. The number of H-pyrrole nitrogens is 1. The molecule has 1 aromatic heterocycles. The molecule has 3 rings (SSSR count). The van der Waals surface area contributed by atoms with E-state index in [4.69, 9.17) is 17.3 Å². The number of hydrogen-bond acceptors (Lipinski definition) is 2. The molecule has 1 aliphatic carbocycles. The Morgan fingerprint density at radius 2 is 1.81 bits per heavy atom. The molecule has 0 amide bonds. The van der Waals surface area contributed by atoms with Crippen molar-refractivity contribution in [2.24, 2.45) is 23.5 Å². The van der Waals surface area contributed by atoms with Crippen LogP contribution in [0.4, 0.5) is 8.78 Å². The van der Waals surface area contributed by atoms with Crippen LogP contribution in [0.25, 0.3) is 10.9 Å².